The molecule has 22 heavy (non-hydrogen) atoms. The minimum absolute atomic E-state index is 0.0490. The number of carbonyl (C=O) groups excluding carboxylic acids is 1. The molecule has 1 aromatic rings. The third-order valence-electron chi connectivity index (χ3n) is 5.09. The molecule has 0 spiro atoms. The Labute approximate surface area is 137 Å². The Morgan fingerprint density at radius 3 is 2.45 bits per heavy atom. The molecule has 5 heteroatoms. The van der Waals surface area contributed by atoms with Gasteiger partial charge in [-0.1, -0.05) is 32.1 Å². The lowest BCUT2D eigenvalue weighted by Gasteiger charge is -2.30. The van der Waals surface area contributed by atoms with Crippen LogP contribution in [0.1, 0.15) is 62.8 Å². The maximum absolute atomic E-state index is 12.6. The zero-order valence-electron chi connectivity index (χ0n) is 13.4. The van der Waals surface area contributed by atoms with E-state index >= 15 is 0 Å². The van der Waals surface area contributed by atoms with Gasteiger partial charge in [0.15, 0.2) is 0 Å². The first-order valence-corrected chi connectivity index (χ1v) is 9.61. The highest BCUT2D eigenvalue weighted by Gasteiger charge is 2.38. The Kier molecular flexibility index (Phi) is 5.47. The third-order valence-corrected chi connectivity index (χ3v) is 6.06. The predicted octanol–water partition coefficient (Wildman–Crippen LogP) is 3.29. The second-order valence-electron chi connectivity index (χ2n) is 6.63. The third kappa shape index (κ3) is 3.69. The lowest BCUT2D eigenvalue weighted by molar-refractivity contribution is -0.131. The summed E-state index contributed by atoms with van der Waals surface area (Å²) >= 11 is 1.71. The average molecular weight is 321 g/mol. The van der Waals surface area contributed by atoms with Crippen molar-refractivity contribution in [2.45, 2.75) is 63.3 Å². The van der Waals surface area contributed by atoms with Crippen LogP contribution < -0.4 is 5.32 Å². The fourth-order valence-electron chi connectivity index (χ4n) is 3.76. The van der Waals surface area contributed by atoms with E-state index in [-0.39, 0.29) is 11.4 Å². The van der Waals surface area contributed by atoms with Gasteiger partial charge in [-0.05, 0) is 25.7 Å². The summed E-state index contributed by atoms with van der Waals surface area (Å²) in [6, 6.07) is 0. The van der Waals surface area contributed by atoms with Crippen molar-refractivity contribution in [3.8, 4) is 0 Å². The van der Waals surface area contributed by atoms with Gasteiger partial charge in [0.05, 0.1) is 12.1 Å². The number of hydrogen-bond donors (Lipinski definition) is 1. The van der Waals surface area contributed by atoms with Crippen LogP contribution in [0.2, 0.25) is 0 Å². The van der Waals surface area contributed by atoms with Crippen LogP contribution in [0.5, 0.6) is 0 Å². The van der Waals surface area contributed by atoms with Crippen molar-refractivity contribution >= 4 is 17.2 Å². The van der Waals surface area contributed by atoms with Gasteiger partial charge in [0, 0.05) is 24.7 Å². The van der Waals surface area contributed by atoms with Gasteiger partial charge < -0.3 is 4.90 Å². The van der Waals surface area contributed by atoms with Crippen molar-refractivity contribution in [1.29, 1.82) is 0 Å². The highest BCUT2D eigenvalue weighted by molar-refractivity contribution is 7.09. The molecule has 4 nitrogen and oxygen atoms in total. The van der Waals surface area contributed by atoms with E-state index in [1.165, 1.54) is 32.1 Å². The standard InChI is InChI=1S/C17H27N3OS/c21-15(20-11-6-2-1-3-7-12-20)14-19-17(8-4-5-9-17)16-18-10-13-22-16/h10,13,19H,1-9,11-12,14H2. The largest absolute Gasteiger partial charge is 0.342 e. The number of rotatable bonds is 4. The zero-order chi connectivity index (χ0) is 15.3. The van der Waals surface area contributed by atoms with Crippen LogP contribution in [-0.2, 0) is 10.3 Å². The molecule has 1 amide bonds. The number of nitrogens with zero attached hydrogens (tertiary/aromatic N) is 2. The highest BCUT2D eigenvalue weighted by Crippen LogP contribution is 2.39. The molecule has 0 radical (unpaired) electrons. The second-order valence-corrected chi connectivity index (χ2v) is 7.52. The number of carbonyl (C=O) groups is 1. The van der Waals surface area contributed by atoms with Gasteiger partial charge in [0.25, 0.3) is 0 Å². The average Bonchev–Trinajstić information content (AvgIpc) is 3.16. The van der Waals surface area contributed by atoms with E-state index in [9.17, 15) is 4.79 Å². The quantitative estimate of drug-likeness (QED) is 0.925. The molecule has 2 heterocycles. The van der Waals surface area contributed by atoms with Gasteiger partial charge in [0.1, 0.15) is 5.01 Å². The molecular formula is C17H27N3OS. The smallest absolute Gasteiger partial charge is 0.236 e. The molecule has 1 saturated heterocycles. The Morgan fingerprint density at radius 1 is 1.14 bits per heavy atom. The topological polar surface area (TPSA) is 45.2 Å². The molecule has 0 bridgehead atoms. The molecule has 1 aliphatic carbocycles. The molecule has 0 unspecified atom stereocenters. The zero-order valence-corrected chi connectivity index (χ0v) is 14.2. The molecule has 1 saturated carbocycles. The maximum Gasteiger partial charge on any atom is 0.236 e. The molecule has 122 valence electrons. The van der Waals surface area contributed by atoms with E-state index in [1.807, 2.05) is 11.6 Å². The summed E-state index contributed by atoms with van der Waals surface area (Å²) in [7, 11) is 0. The fourth-order valence-corrected chi connectivity index (χ4v) is 4.63. The fraction of sp³-hybridized carbons (Fsp3) is 0.765. The first kappa shape index (κ1) is 15.9. The summed E-state index contributed by atoms with van der Waals surface area (Å²) in [5.74, 6) is 0.268. The summed E-state index contributed by atoms with van der Waals surface area (Å²) in [6.45, 7) is 2.33. The number of hydrogen-bond acceptors (Lipinski definition) is 4. The van der Waals surface area contributed by atoms with Crippen LogP contribution in [0.25, 0.3) is 0 Å². The molecule has 1 aliphatic heterocycles. The van der Waals surface area contributed by atoms with E-state index in [2.05, 4.69) is 15.2 Å². The summed E-state index contributed by atoms with van der Waals surface area (Å²) in [5, 5.41) is 6.78. The Bertz CT molecular complexity index is 460. The normalized spacial score (nSPS) is 22.3. The summed E-state index contributed by atoms with van der Waals surface area (Å²) in [5.41, 5.74) is -0.0490. The molecule has 1 aromatic heterocycles. The molecule has 0 atom stereocenters. The van der Waals surface area contributed by atoms with Gasteiger partial charge in [-0.25, -0.2) is 4.98 Å². The van der Waals surface area contributed by atoms with Crippen LogP contribution in [0.15, 0.2) is 11.6 Å². The van der Waals surface area contributed by atoms with Gasteiger partial charge in [-0.15, -0.1) is 11.3 Å². The molecule has 0 aromatic carbocycles. The van der Waals surface area contributed by atoms with Crippen molar-refractivity contribution in [1.82, 2.24) is 15.2 Å². The highest BCUT2D eigenvalue weighted by atomic mass is 32.1. The minimum Gasteiger partial charge on any atom is -0.342 e. The lowest BCUT2D eigenvalue weighted by Crippen LogP contribution is -2.47. The van der Waals surface area contributed by atoms with Crippen LogP contribution in [-0.4, -0.2) is 35.4 Å². The lowest BCUT2D eigenvalue weighted by atomic mass is 9.98. The number of amides is 1. The predicted molar refractivity (Wildman–Crippen MR) is 89.9 cm³/mol. The van der Waals surface area contributed by atoms with Crippen LogP contribution in [0.3, 0.4) is 0 Å². The van der Waals surface area contributed by atoms with E-state index < -0.39 is 0 Å². The van der Waals surface area contributed by atoms with Gasteiger partial charge in [-0.3, -0.25) is 10.1 Å². The molecule has 2 aliphatic rings. The van der Waals surface area contributed by atoms with Crippen molar-refractivity contribution < 1.29 is 4.79 Å². The molecule has 1 N–H and O–H groups in total. The molecular weight excluding hydrogens is 294 g/mol. The Hall–Kier alpha value is -0.940. The number of likely N-dealkylation sites (tertiary alicyclic amines) is 1. The van der Waals surface area contributed by atoms with E-state index in [4.69, 9.17) is 0 Å². The van der Waals surface area contributed by atoms with Gasteiger partial charge in [0.2, 0.25) is 5.91 Å². The summed E-state index contributed by atoms with van der Waals surface area (Å²) < 4.78 is 0. The monoisotopic (exact) mass is 321 g/mol. The molecule has 2 fully saturated rings. The Balaban J connectivity index is 1.58. The van der Waals surface area contributed by atoms with Crippen LogP contribution in [0, 0.1) is 0 Å². The van der Waals surface area contributed by atoms with Crippen molar-refractivity contribution in [3.05, 3.63) is 16.6 Å². The van der Waals surface area contributed by atoms with Gasteiger partial charge in [-0.2, -0.15) is 0 Å². The SMILES string of the molecule is O=C(CNC1(c2nccs2)CCCC1)N1CCCCCCC1. The summed E-state index contributed by atoms with van der Waals surface area (Å²) in [4.78, 5) is 19.2. The second kappa shape index (κ2) is 7.55. The van der Waals surface area contributed by atoms with Crippen LogP contribution >= 0.6 is 11.3 Å². The van der Waals surface area contributed by atoms with Crippen molar-refractivity contribution in [2.75, 3.05) is 19.6 Å². The van der Waals surface area contributed by atoms with Crippen molar-refractivity contribution in [3.63, 3.8) is 0 Å². The Morgan fingerprint density at radius 2 is 1.82 bits per heavy atom. The van der Waals surface area contributed by atoms with E-state index in [0.717, 1.165) is 43.8 Å². The number of thiazole rings is 1. The summed E-state index contributed by atoms with van der Waals surface area (Å²) in [6.07, 6.45) is 12.7. The maximum atomic E-state index is 12.6. The van der Waals surface area contributed by atoms with E-state index in [1.54, 1.807) is 11.3 Å². The number of aromatic nitrogens is 1. The molecule has 3 rings (SSSR count). The first-order chi connectivity index (χ1) is 10.8. The number of nitrogens with one attached hydrogen (secondary N) is 1. The first-order valence-electron chi connectivity index (χ1n) is 8.73. The van der Waals surface area contributed by atoms with E-state index in [0.29, 0.717) is 6.54 Å². The van der Waals surface area contributed by atoms with Crippen LogP contribution in [0.4, 0.5) is 0 Å². The minimum atomic E-state index is -0.0490. The van der Waals surface area contributed by atoms with Gasteiger partial charge >= 0.3 is 0 Å². The van der Waals surface area contributed by atoms with Crippen molar-refractivity contribution in [2.24, 2.45) is 0 Å².